The van der Waals surface area contributed by atoms with E-state index in [0.717, 1.165) is 5.75 Å². The highest BCUT2D eigenvalue weighted by Gasteiger charge is 2.47. The van der Waals surface area contributed by atoms with Crippen LogP contribution in [-0.2, 0) is 12.5 Å². The molecule has 2 heterocycles. The summed E-state index contributed by atoms with van der Waals surface area (Å²) in [7, 11) is 2.09. The van der Waals surface area contributed by atoms with E-state index >= 15 is 0 Å². The summed E-state index contributed by atoms with van der Waals surface area (Å²) in [5.74, 6) is 1.01. The lowest BCUT2D eigenvalue weighted by molar-refractivity contribution is -0.660. The molecule has 0 amide bonds. The van der Waals surface area contributed by atoms with Crippen molar-refractivity contribution in [2.24, 2.45) is 7.05 Å². The van der Waals surface area contributed by atoms with Gasteiger partial charge in [0.1, 0.15) is 18.4 Å². The number of ether oxygens (including phenoxy) is 1. The molecule has 0 atom stereocenters. The van der Waals surface area contributed by atoms with Gasteiger partial charge < -0.3 is 4.74 Å². The fourth-order valence-corrected chi connectivity index (χ4v) is 3.91. The first-order chi connectivity index (χ1) is 12.7. The van der Waals surface area contributed by atoms with Gasteiger partial charge >= 0.3 is 0 Å². The van der Waals surface area contributed by atoms with Crippen LogP contribution in [-0.4, -0.2) is 5.60 Å². The third-order valence-corrected chi connectivity index (χ3v) is 6.43. The maximum atomic E-state index is 6.33. The number of fused-ring (bicyclic) bond motifs is 1. The van der Waals surface area contributed by atoms with Gasteiger partial charge in [-0.1, -0.05) is 38.1 Å². The normalized spacial score (nSPS) is 16.7. The van der Waals surface area contributed by atoms with E-state index < -0.39 is 0 Å². The Hall–Kier alpha value is -2.61. The topological polar surface area (TPSA) is 13.1 Å². The van der Waals surface area contributed by atoms with Crippen molar-refractivity contribution < 1.29 is 9.30 Å². The molecule has 1 aliphatic heterocycles. The summed E-state index contributed by atoms with van der Waals surface area (Å²) in [6.07, 6.45) is 2.09. The highest BCUT2D eigenvalue weighted by Crippen LogP contribution is 2.49. The molecule has 0 N–H and O–H groups in total. The molecule has 0 spiro atoms. The number of aromatic nitrogens is 1. The quantitative estimate of drug-likeness (QED) is 0.543. The summed E-state index contributed by atoms with van der Waals surface area (Å²) in [4.78, 5) is 0. The minimum atomic E-state index is -0.204. The van der Waals surface area contributed by atoms with Crippen LogP contribution in [0.4, 0.5) is 0 Å². The maximum absolute atomic E-state index is 6.33. The summed E-state index contributed by atoms with van der Waals surface area (Å²) < 4.78 is 8.49. The van der Waals surface area contributed by atoms with E-state index in [2.05, 4.69) is 107 Å². The van der Waals surface area contributed by atoms with Crippen LogP contribution in [0.1, 0.15) is 38.8 Å². The second-order valence-electron chi connectivity index (χ2n) is 8.67. The minimum Gasteiger partial charge on any atom is -0.487 e. The first-order valence-electron chi connectivity index (χ1n) is 9.60. The average Bonchev–Trinajstić information content (AvgIpc) is 2.80. The lowest BCUT2D eigenvalue weighted by Crippen LogP contribution is -2.41. The summed E-state index contributed by atoms with van der Waals surface area (Å²) in [5, 5.41) is 0. The molecule has 2 nitrogen and oxygen atoms in total. The van der Waals surface area contributed by atoms with Crippen LogP contribution < -0.4 is 9.30 Å². The zero-order valence-corrected chi connectivity index (χ0v) is 17.1. The Morgan fingerprint density at radius 2 is 1.56 bits per heavy atom. The van der Waals surface area contributed by atoms with Crippen molar-refractivity contribution in [1.29, 1.82) is 0 Å². The van der Waals surface area contributed by atoms with E-state index in [0.29, 0.717) is 0 Å². The maximum Gasteiger partial charge on any atom is 0.212 e. The van der Waals surface area contributed by atoms with Crippen molar-refractivity contribution in [3.8, 4) is 28.1 Å². The molecule has 2 heteroatoms. The lowest BCUT2D eigenvalue weighted by atomic mass is 9.74. The van der Waals surface area contributed by atoms with Gasteiger partial charge in [0.15, 0.2) is 6.20 Å². The first-order valence-corrected chi connectivity index (χ1v) is 9.60. The summed E-state index contributed by atoms with van der Waals surface area (Å²) in [6.45, 7) is 11.0. The number of rotatable bonds is 2. The molecule has 3 aromatic rings. The summed E-state index contributed by atoms with van der Waals surface area (Å²) >= 11 is 0. The molecule has 0 radical (unpaired) electrons. The van der Waals surface area contributed by atoms with Crippen LogP contribution in [0.2, 0.25) is 0 Å². The molecule has 0 unspecified atom stereocenters. The molecule has 2 aromatic carbocycles. The van der Waals surface area contributed by atoms with E-state index in [1.165, 1.54) is 33.5 Å². The van der Waals surface area contributed by atoms with Gasteiger partial charge in [0, 0.05) is 28.7 Å². The highest BCUT2D eigenvalue weighted by atomic mass is 16.5. The molecular formula is C25H28NO+. The molecule has 0 saturated heterocycles. The van der Waals surface area contributed by atoms with E-state index in [9.17, 15) is 0 Å². The summed E-state index contributed by atoms with van der Waals surface area (Å²) in [6, 6.07) is 19.7. The Morgan fingerprint density at radius 3 is 2.30 bits per heavy atom. The monoisotopic (exact) mass is 358 g/mol. The predicted molar refractivity (Wildman–Crippen MR) is 111 cm³/mol. The Balaban J connectivity index is 1.81. The molecule has 0 fully saturated rings. The molecule has 27 heavy (non-hydrogen) atoms. The lowest BCUT2D eigenvalue weighted by Gasteiger charge is -2.33. The third kappa shape index (κ3) is 2.75. The van der Waals surface area contributed by atoms with Crippen molar-refractivity contribution in [1.82, 2.24) is 0 Å². The molecule has 4 rings (SSSR count). The van der Waals surface area contributed by atoms with Gasteiger partial charge in [-0.15, -0.1) is 0 Å². The number of pyridine rings is 1. The number of nitrogens with zero attached hydrogens (tertiary/aromatic N) is 1. The second-order valence-corrected chi connectivity index (χ2v) is 8.67. The SMILES string of the molecule is Cc1ccc(-c2ccc3c(c2)OC(C)(C)C3(C)C)cc1-c1cccc[n+]1C. The van der Waals surface area contributed by atoms with E-state index in [4.69, 9.17) is 4.74 Å². The van der Waals surface area contributed by atoms with Crippen LogP contribution in [0.3, 0.4) is 0 Å². The third-order valence-electron chi connectivity index (χ3n) is 6.43. The van der Waals surface area contributed by atoms with Gasteiger partial charge in [0.25, 0.3) is 0 Å². The van der Waals surface area contributed by atoms with Crippen molar-refractivity contribution in [2.45, 2.75) is 45.6 Å². The smallest absolute Gasteiger partial charge is 0.212 e. The molecule has 0 saturated carbocycles. The zero-order valence-electron chi connectivity index (χ0n) is 17.1. The van der Waals surface area contributed by atoms with Gasteiger partial charge in [-0.3, -0.25) is 0 Å². The predicted octanol–water partition coefficient (Wildman–Crippen LogP) is 5.60. The van der Waals surface area contributed by atoms with E-state index in [1.807, 2.05) is 0 Å². The minimum absolute atomic E-state index is 0.00289. The van der Waals surface area contributed by atoms with Crippen LogP contribution in [0, 0.1) is 6.92 Å². The standard InChI is InChI=1S/C25H28NO/c1-17-10-11-18(15-20(17)22-9-7-8-14-26(22)6)19-12-13-21-23(16-19)27-25(4,5)24(21,2)3/h7-16H,1-6H3/q+1. The molecule has 138 valence electrons. The van der Waals surface area contributed by atoms with Crippen LogP contribution in [0.15, 0.2) is 60.8 Å². The Bertz CT molecular complexity index is 1030. The Kier molecular flexibility index (Phi) is 3.92. The van der Waals surface area contributed by atoms with Crippen molar-refractivity contribution >= 4 is 0 Å². The fraction of sp³-hybridized carbons (Fsp3) is 0.320. The number of aryl methyl sites for hydroxylation is 2. The van der Waals surface area contributed by atoms with Gasteiger partial charge in [0.05, 0.1) is 0 Å². The number of hydrogen-bond acceptors (Lipinski definition) is 1. The number of hydrogen-bond donors (Lipinski definition) is 0. The largest absolute Gasteiger partial charge is 0.487 e. The highest BCUT2D eigenvalue weighted by molar-refractivity contribution is 5.74. The second kappa shape index (κ2) is 5.95. The molecule has 0 bridgehead atoms. The first kappa shape index (κ1) is 17.8. The van der Waals surface area contributed by atoms with Gasteiger partial charge in [-0.2, -0.15) is 0 Å². The molecule has 0 aliphatic carbocycles. The average molecular weight is 359 g/mol. The van der Waals surface area contributed by atoms with E-state index in [-0.39, 0.29) is 11.0 Å². The van der Waals surface area contributed by atoms with Gasteiger partial charge in [-0.05, 0) is 55.7 Å². The van der Waals surface area contributed by atoms with Crippen LogP contribution in [0.5, 0.6) is 5.75 Å². The molecule has 1 aromatic heterocycles. The van der Waals surface area contributed by atoms with Crippen LogP contribution in [0.25, 0.3) is 22.4 Å². The van der Waals surface area contributed by atoms with Gasteiger partial charge in [0.2, 0.25) is 5.69 Å². The molecular weight excluding hydrogens is 330 g/mol. The van der Waals surface area contributed by atoms with Gasteiger partial charge in [-0.25, -0.2) is 4.57 Å². The van der Waals surface area contributed by atoms with E-state index in [1.54, 1.807) is 0 Å². The van der Waals surface area contributed by atoms with Crippen LogP contribution >= 0.6 is 0 Å². The Morgan fingerprint density at radius 1 is 0.852 bits per heavy atom. The number of benzene rings is 2. The van der Waals surface area contributed by atoms with Crippen molar-refractivity contribution in [3.63, 3.8) is 0 Å². The fourth-order valence-electron chi connectivity index (χ4n) is 3.91. The summed E-state index contributed by atoms with van der Waals surface area (Å²) in [5.41, 5.74) is 7.25. The van der Waals surface area contributed by atoms with Crippen molar-refractivity contribution in [3.05, 3.63) is 71.9 Å². The molecule has 1 aliphatic rings. The Labute approximate surface area is 162 Å². The zero-order chi connectivity index (χ0) is 19.4. The van der Waals surface area contributed by atoms with Crippen molar-refractivity contribution in [2.75, 3.05) is 0 Å².